The van der Waals surface area contributed by atoms with Crippen molar-refractivity contribution in [2.24, 2.45) is 0 Å². The van der Waals surface area contributed by atoms with Gasteiger partial charge in [0.25, 0.3) is 0 Å². The first kappa shape index (κ1) is 14.3. The van der Waals surface area contributed by atoms with E-state index in [1.165, 1.54) is 0 Å². The van der Waals surface area contributed by atoms with E-state index in [2.05, 4.69) is 15.5 Å². The van der Waals surface area contributed by atoms with Crippen molar-refractivity contribution < 1.29 is 4.42 Å². The number of aromatic nitrogens is 2. The van der Waals surface area contributed by atoms with Crippen LogP contribution in [0.1, 0.15) is 30.7 Å². The molecule has 2 aromatic rings. The Hall–Kier alpha value is -1.11. The Bertz CT molecular complexity index is 527. The van der Waals surface area contributed by atoms with E-state index in [9.17, 15) is 0 Å². The minimum Gasteiger partial charge on any atom is -0.406 e. The number of nitrogens with one attached hydrogen (secondary N) is 1. The number of nitrogens with zero attached hydrogens (tertiary/aromatic N) is 3. The highest BCUT2D eigenvalue weighted by atomic mass is 35.5. The SMILES string of the molecule is CCNC(C)c1nnc(N(C)Cc2ccc(Cl)s2)o1. The van der Waals surface area contributed by atoms with E-state index in [-0.39, 0.29) is 6.04 Å². The molecule has 1 N–H and O–H groups in total. The molecule has 0 saturated heterocycles. The lowest BCUT2D eigenvalue weighted by Crippen LogP contribution is -2.18. The van der Waals surface area contributed by atoms with Crippen molar-refractivity contribution in [2.75, 3.05) is 18.5 Å². The topological polar surface area (TPSA) is 54.2 Å². The summed E-state index contributed by atoms with van der Waals surface area (Å²) >= 11 is 7.46. The Morgan fingerprint density at radius 2 is 2.26 bits per heavy atom. The van der Waals surface area contributed by atoms with Crippen molar-refractivity contribution in [1.82, 2.24) is 15.5 Å². The fourth-order valence-corrected chi connectivity index (χ4v) is 2.83. The van der Waals surface area contributed by atoms with Gasteiger partial charge in [0.1, 0.15) is 0 Å². The molecule has 0 aromatic carbocycles. The van der Waals surface area contributed by atoms with E-state index >= 15 is 0 Å². The summed E-state index contributed by atoms with van der Waals surface area (Å²) in [6, 6.07) is 4.48. The van der Waals surface area contributed by atoms with Crippen molar-refractivity contribution in [2.45, 2.75) is 26.4 Å². The van der Waals surface area contributed by atoms with Gasteiger partial charge in [0.15, 0.2) is 0 Å². The fourth-order valence-electron chi connectivity index (χ4n) is 1.69. The molecule has 0 aliphatic rings. The molecule has 2 aromatic heterocycles. The minimum absolute atomic E-state index is 0.0656. The third-order valence-electron chi connectivity index (χ3n) is 2.66. The largest absolute Gasteiger partial charge is 0.406 e. The lowest BCUT2D eigenvalue weighted by atomic mass is 10.3. The molecule has 104 valence electrons. The van der Waals surface area contributed by atoms with Crippen LogP contribution >= 0.6 is 22.9 Å². The Morgan fingerprint density at radius 1 is 1.47 bits per heavy atom. The van der Waals surface area contributed by atoms with Gasteiger partial charge in [0.2, 0.25) is 5.89 Å². The third kappa shape index (κ3) is 3.68. The summed E-state index contributed by atoms with van der Waals surface area (Å²) < 4.78 is 6.44. The molecule has 1 unspecified atom stereocenters. The molecular formula is C12H17ClN4OS. The summed E-state index contributed by atoms with van der Waals surface area (Å²) in [5.74, 6) is 0.605. The number of thiophene rings is 1. The summed E-state index contributed by atoms with van der Waals surface area (Å²) in [4.78, 5) is 3.07. The van der Waals surface area contributed by atoms with E-state index in [0.717, 1.165) is 15.8 Å². The lowest BCUT2D eigenvalue weighted by molar-refractivity contribution is 0.421. The third-order valence-corrected chi connectivity index (χ3v) is 3.88. The van der Waals surface area contributed by atoms with Crippen LogP contribution in [0.25, 0.3) is 0 Å². The van der Waals surface area contributed by atoms with Crippen LogP contribution in [0.5, 0.6) is 0 Å². The van der Waals surface area contributed by atoms with Crippen molar-refractivity contribution >= 4 is 29.0 Å². The molecule has 0 spiro atoms. The molecular weight excluding hydrogens is 284 g/mol. The number of hydrogen-bond donors (Lipinski definition) is 1. The minimum atomic E-state index is 0.0656. The molecule has 19 heavy (non-hydrogen) atoms. The van der Waals surface area contributed by atoms with Gasteiger partial charge in [-0.15, -0.1) is 16.4 Å². The second-order valence-electron chi connectivity index (χ2n) is 4.26. The summed E-state index contributed by atoms with van der Waals surface area (Å²) in [6.45, 7) is 5.61. The smallest absolute Gasteiger partial charge is 0.318 e. The highest BCUT2D eigenvalue weighted by molar-refractivity contribution is 7.16. The van der Waals surface area contributed by atoms with Gasteiger partial charge in [-0.1, -0.05) is 23.6 Å². The number of rotatable bonds is 6. The maximum absolute atomic E-state index is 5.91. The normalized spacial score (nSPS) is 12.6. The summed E-state index contributed by atoms with van der Waals surface area (Å²) in [5.41, 5.74) is 0. The zero-order chi connectivity index (χ0) is 13.8. The van der Waals surface area contributed by atoms with E-state index in [1.54, 1.807) is 11.3 Å². The predicted molar refractivity (Wildman–Crippen MR) is 77.8 cm³/mol. The highest BCUT2D eigenvalue weighted by Gasteiger charge is 2.15. The number of hydrogen-bond acceptors (Lipinski definition) is 6. The number of halogens is 1. The van der Waals surface area contributed by atoms with Crippen molar-refractivity contribution in [3.05, 3.63) is 27.2 Å². The Balaban J connectivity index is 2.01. The first-order valence-corrected chi connectivity index (χ1v) is 7.31. The van der Waals surface area contributed by atoms with Crippen LogP contribution in [-0.4, -0.2) is 23.8 Å². The Kier molecular flexibility index (Phi) is 4.79. The van der Waals surface area contributed by atoms with Crippen LogP contribution < -0.4 is 10.2 Å². The fraction of sp³-hybridized carbons (Fsp3) is 0.500. The van der Waals surface area contributed by atoms with Crippen molar-refractivity contribution in [3.63, 3.8) is 0 Å². The maximum Gasteiger partial charge on any atom is 0.318 e. The zero-order valence-electron chi connectivity index (χ0n) is 11.2. The summed E-state index contributed by atoms with van der Waals surface area (Å²) in [7, 11) is 1.92. The van der Waals surface area contributed by atoms with Gasteiger partial charge < -0.3 is 14.6 Å². The average molecular weight is 301 g/mol. The lowest BCUT2D eigenvalue weighted by Gasteiger charge is -2.12. The summed E-state index contributed by atoms with van der Waals surface area (Å²) in [6.07, 6.45) is 0. The molecule has 2 heterocycles. The molecule has 0 bridgehead atoms. The van der Waals surface area contributed by atoms with Crippen LogP contribution in [0.15, 0.2) is 16.5 Å². The molecule has 0 saturated carbocycles. The highest BCUT2D eigenvalue weighted by Crippen LogP contribution is 2.24. The molecule has 2 rings (SSSR count). The molecule has 7 heteroatoms. The monoisotopic (exact) mass is 300 g/mol. The van der Waals surface area contributed by atoms with Crippen LogP contribution in [-0.2, 0) is 6.54 Å². The van der Waals surface area contributed by atoms with Crippen LogP contribution in [0.2, 0.25) is 4.34 Å². The van der Waals surface area contributed by atoms with Gasteiger partial charge in [-0.05, 0) is 25.6 Å². The molecule has 0 amide bonds. The zero-order valence-corrected chi connectivity index (χ0v) is 12.8. The van der Waals surface area contributed by atoms with Gasteiger partial charge in [-0.25, -0.2) is 0 Å². The molecule has 0 aliphatic carbocycles. The second kappa shape index (κ2) is 6.36. The Labute approximate surface area is 121 Å². The molecule has 5 nitrogen and oxygen atoms in total. The molecule has 0 aliphatic heterocycles. The van der Waals surface area contributed by atoms with E-state index in [4.69, 9.17) is 16.0 Å². The van der Waals surface area contributed by atoms with E-state index in [0.29, 0.717) is 18.5 Å². The van der Waals surface area contributed by atoms with Crippen LogP contribution in [0, 0.1) is 0 Å². The van der Waals surface area contributed by atoms with Crippen molar-refractivity contribution in [3.8, 4) is 0 Å². The predicted octanol–water partition coefficient (Wildman–Crippen LogP) is 3.09. The first-order chi connectivity index (χ1) is 9.10. The van der Waals surface area contributed by atoms with Crippen LogP contribution in [0.4, 0.5) is 6.01 Å². The van der Waals surface area contributed by atoms with Gasteiger partial charge in [-0.2, -0.15) is 0 Å². The summed E-state index contributed by atoms with van der Waals surface area (Å²) in [5, 5.41) is 11.4. The van der Waals surface area contributed by atoms with Crippen LogP contribution in [0.3, 0.4) is 0 Å². The van der Waals surface area contributed by atoms with E-state index in [1.807, 2.05) is 37.9 Å². The maximum atomic E-state index is 5.91. The molecule has 0 radical (unpaired) electrons. The standard InChI is InChI=1S/C12H17ClN4OS/c1-4-14-8(2)11-15-16-12(18-11)17(3)7-9-5-6-10(13)19-9/h5-6,8,14H,4,7H2,1-3H3. The molecule has 1 atom stereocenters. The number of anilines is 1. The van der Waals surface area contributed by atoms with Gasteiger partial charge in [0.05, 0.1) is 16.9 Å². The van der Waals surface area contributed by atoms with Gasteiger partial charge in [-0.3, -0.25) is 0 Å². The van der Waals surface area contributed by atoms with Crippen molar-refractivity contribution in [1.29, 1.82) is 0 Å². The van der Waals surface area contributed by atoms with E-state index < -0.39 is 0 Å². The van der Waals surface area contributed by atoms with Gasteiger partial charge >= 0.3 is 6.01 Å². The second-order valence-corrected chi connectivity index (χ2v) is 6.06. The quantitative estimate of drug-likeness (QED) is 0.888. The Morgan fingerprint density at radius 3 is 2.89 bits per heavy atom. The van der Waals surface area contributed by atoms with Gasteiger partial charge in [0, 0.05) is 11.9 Å². The average Bonchev–Trinajstić information content (AvgIpc) is 2.98. The molecule has 0 fully saturated rings. The first-order valence-electron chi connectivity index (χ1n) is 6.12.